The Balaban J connectivity index is 1.85. The highest BCUT2D eigenvalue weighted by atomic mass is 32.2. The second-order valence-corrected chi connectivity index (χ2v) is 8.74. The molecular weight excluding hydrogens is 362 g/mol. The lowest BCUT2D eigenvalue weighted by atomic mass is 9.87. The summed E-state index contributed by atoms with van der Waals surface area (Å²) in [7, 11) is 1.63. The zero-order chi connectivity index (χ0) is 19.8. The highest BCUT2D eigenvalue weighted by molar-refractivity contribution is 8.09. The molecular formula is C19H21N5O2S. The molecule has 1 unspecified atom stereocenters. The van der Waals surface area contributed by atoms with E-state index in [-0.39, 0.29) is 23.5 Å². The Hall–Kier alpha value is -2.66. The number of amides is 1. The molecule has 8 heteroatoms. The van der Waals surface area contributed by atoms with Crippen molar-refractivity contribution in [1.82, 2.24) is 19.9 Å². The van der Waals surface area contributed by atoms with E-state index in [1.807, 2.05) is 32.9 Å². The van der Waals surface area contributed by atoms with Crippen molar-refractivity contribution in [3.8, 4) is 6.07 Å². The van der Waals surface area contributed by atoms with Crippen LogP contribution >= 0.6 is 11.8 Å². The lowest BCUT2D eigenvalue weighted by molar-refractivity contribution is -0.128. The van der Waals surface area contributed by atoms with Gasteiger partial charge in [0, 0.05) is 23.6 Å². The van der Waals surface area contributed by atoms with E-state index in [0.29, 0.717) is 28.8 Å². The van der Waals surface area contributed by atoms with Gasteiger partial charge in [-0.05, 0) is 6.42 Å². The van der Waals surface area contributed by atoms with Gasteiger partial charge in [-0.3, -0.25) is 9.59 Å². The smallest absolute Gasteiger partial charge is 0.236 e. The van der Waals surface area contributed by atoms with Crippen LogP contribution in [0.4, 0.5) is 0 Å². The van der Waals surface area contributed by atoms with Crippen molar-refractivity contribution in [3.05, 3.63) is 29.7 Å². The van der Waals surface area contributed by atoms with Crippen LogP contribution < -0.4 is 0 Å². The van der Waals surface area contributed by atoms with E-state index in [4.69, 9.17) is 5.26 Å². The molecule has 0 aromatic carbocycles. The number of rotatable bonds is 4. The number of Topliss-reactive ketones (excluding diaryl/α,β-unsaturated/α-hetero) is 1. The number of carbonyl (C=O) groups excluding carboxylic acids is 2. The first kappa shape index (κ1) is 19.1. The maximum Gasteiger partial charge on any atom is 0.236 e. The summed E-state index contributed by atoms with van der Waals surface area (Å²) in [4.78, 5) is 39.4. The van der Waals surface area contributed by atoms with Gasteiger partial charge in [-0.15, -0.1) is 11.8 Å². The minimum atomic E-state index is -0.517. The number of H-pyrrole nitrogens is 1. The number of thioether (sulfide) groups is 1. The highest BCUT2D eigenvalue weighted by Gasteiger charge is 2.30. The molecule has 0 saturated carbocycles. The van der Waals surface area contributed by atoms with E-state index in [2.05, 4.69) is 15.0 Å². The van der Waals surface area contributed by atoms with Crippen LogP contribution in [0.15, 0.2) is 18.5 Å². The van der Waals surface area contributed by atoms with Crippen LogP contribution in [0.5, 0.6) is 0 Å². The van der Waals surface area contributed by atoms with E-state index in [0.717, 1.165) is 4.91 Å². The van der Waals surface area contributed by atoms with E-state index in [9.17, 15) is 9.59 Å². The van der Waals surface area contributed by atoms with Crippen LogP contribution in [0.25, 0.3) is 16.1 Å². The number of allylic oxidation sites excluding steroid dienone is 1. The fourth-order valence-electron chi connectivity index (χ4n) is 2.80. The summed E-state index contributed by atoms with van der Waals surface area (Å²) in [5.74, 6) is -0.0773. The van der Waals surface area contributed by atoms with Crippen LogP contribution in [0.2, 0.25) is 0 Å². The minimum absolute atomic E-state index is 0.000521. The lowest BCUT2D eigenvalue weighted by Crippen LogP contribution is -2.33. The van der Waals surface area contributed by atoms with Crippen molar-refractivity contribution >= 4 is 39.5 Å². The summed E-state index contributed by atoms with van der Waals surface area (Å²) in [5.41, 5.74) is 1.77. The molecule has 0 fully saturated rings. The molecule has 140 valence electrons. The maximum absolute atomic E-state index is 12.7. The molecule has 0 saturated heterocycles. The fourth-order valence-corrected chi connectivity index (χ4v) is 3.99. The van der Waals surface area contributed by atoms with E-state index < -0.39 is 5.41 Å². The number of fused-ring (bicyclic) bond motifs is 1. The van der Waals surface area contributed by atoms with Crippen LogP contribution in [0.3, 0.4) is 0 Å². The number of carbonyl (C=O) groups is 2. The van der Waals surface area contributed by atoms with Crippen LogP contribution in [-0.4, -0.2) is 50.4 Å². The first-order valence-electron chi connectivity index (χ1n) is 8.60. The number of nitriles is 1. The molecule has 1 N–H and O–H groups in total. The van der Waals surface area contributed by atoms with E-state index >= 15 is 0 Å². The second kappa shape index (κ2) is 7.16. The maximum atomic E-state index is 12.7. The number of aromatic amines is 1. The van der Waals surface area contributed by atoms with Crippen molar-refractivity contribution < 1.29 is 9.59 Å². The molecule has 3 rings (SSSR count). The van der Waals surface area contributed by atoms with Gasteiger partial charge in [0.15, 0.2) is 11.4 Å². The normalized spacial score (nSPS) is 16.9. The summed E-state index contributed by atoms with van der Waals surface area (Å²) >= 11 is 1.42. The topological polar surface area (TPSA) is 103 Å². The molecule has 1 aliphatic rings. The molecule has 0 spiro atoms. The predicted molar refractivity (Wildman–Crippen MR) is 105 cm³/mol. The SMILES string of the molecule is CN(CC#N)C(=O)C1CC=C(c2cnc3[nH]cc(C(=O)C(C)(C)C)c3n2)S1. The molecule has 1 atom stereocenters. The summed E-state index contributed by atoms with van der Waals surface area (Å²) in [6, 6.07) is 1.98. The first-order valence-corrected chi connectivity index (χ1v) is 9.48. The Bertz CT molecular complexity index is 980. The fraction of sp³-hybridized carbons (Fsp3) is 0.421. The lowest BCUT2D eigenvalue weighted by Gasteiger charge is -2.17. The number of aromatic nitrogens is 3. The van der Waals surface area contributed by atoms with E-state index in [1.54, 1.807) is 19.4 Å². The Morgan fingerprint density at radius 1 is 1.44 bits per heavy atom. The predicted octanol–water partition coefficient (Wildman–Crippen LogP) is 3.02. The van der Waals surface area contributed by atoms with Gasteiger partial charge in [0.25, 0.3) is 0 Å². The van der Waals surface area contributed by atoms with Gasteiger partial charge in [-0.25, -0.2) is 9.97 Å². The van der Waals surface area contributed by atoms with Gasteiger partial charge in [0.1, 0.15) is 12.1 Å². The third-order valence-electron chi connectivity index (χ3n) is 4.31. The minimum Gasteiger partial charge on any atom is -0.344 e. The van der Waals surface area contributed by atoms with Crippen molar-refractivity contribution in [2.24, 2.45) is 5.41 Å². The molecule has 1 aliphatic heterocycles. The molecule has 7 nitrogen and oxygen atoms in total. The molecule has 0 bridgehead atoms. The number of hydrogen-bond donors (Lipinski definition) is 1. The molecule has 2 aromatic heterocycles. The standard InChI is InChI=1S/C19H21N5O2S/c1-19(2,3)16(25)11-9-21-17-15(11)23-12(10-22-17)13-5-6-14(27-13)18(26)24(4)8-7-20/h5,9-10,14H,6,8H2,1-4H3,(H,21,22). The van der Waals surface area contributed by atoms with Gasteiger partial charge >= 0.3 is 0 Å². The van der Waals surface area contributed by atoms with Crippen LogP contribution in [-0.2, 0) is 4.79 Å². The monoisotopic (exact) mass is 383 g/mol. The van der Waals surface area contributed by atoms with Gasteiger partial charge < -0.3 is 9.88 Å². The Kier molecular flexibility index (Phi) is 5.07. The summed E-state index contributed by atoms with van der Waals surface area (Å²) in [5, 5.41) is 8.49. The number of ketones is 1. The second-order valence-electron chi connectivity index (χ2n) is 7.50. The van der Waals surface area contributed by atoms with Crippen LogP contribution in [0.1, 0.15) is 43.2 Å². The highest BCUT2D eigenvalue weighted by Crippen LogP contribution is 2.39. The zero-order valence-corrected chi connectivity index (χ0v) is 16.6. The Labute approximate surface area is 161 Å². The average Bonchev–Trinajstić information content (AvgIpc) is 3.26. The summed E-state index contributed by atoms with van der Waals surface area (Å²) in [6.07, 6.45) is 5.84. The van der Waals surface area contributed by atoms with Gasteiger partial charge in [-0.1, -0.05) is 26.8 Å². The summed E-state index contributed by atoms with van der Waals surface area (Å²) < 4.78 is 0. The summed E-state index contributed by atoms with van der Waals surface area (Å²) in [6.45, 7) is 5.68. The largest absolute Gasteiger partial charge is 0.344 e. The Morgan fingerprint density at radius 2 is 2.19 bits per heavy atom. The van der Waals surface area contributed by atoms with Crippen molar-refractivity contribution in [1.29, 1.82) is 5.26 Å². The number of hydrogen-bond acceptors (Lipinski definition) is 6. The quantitative estimate of drug-likeness (QED) is 0.643. The van der Waals surface area contributed by atoms with Crippen molar-refractivity contribution in [3.63, 3.8) is 0 Å². The molecule has 3 heterocycles. The molecule has 2 aromatic rings. The van der Waals surface area contributed by atoms with Gasteiger partial charge in [-0.2, -0.15) is 5.26 Å². The third kappa shape index (κ3) is 3.74. The third-order valence-corrected chi connectivity index (χ3v) is 5.61. The van der Waals surface area contributed by atoms with Gasteiger partial charge in [0.2, 0.25) is 5.91 Å². The molecule has 1 amide bonds. The molecule has 0 aliphatic carbocycles. The number of nitrogens with one attached hydrogen (secondary N) is 1. The first-order chi connectivity index (χ1) is 12.7. The zero-order valence-electron chi connectivity index (χ0n) is 15.7. The van der Waals surface area contributed by atoms with Crippen molar-refractivity contribution in [2.45, 2.75) is 32.4 Å². The van der Waals surface area contributed by atoms with Crippen LogP contribution in [0, 0.1) is 16.7 Å². The van der Waals surface area contributed by atoms with Gasteiger partial charge in [0.05, 0.1) is 28.8 Å². The van der Waals surface area contributed by atoms with Crippen molar-refractivity contribution in [2.75, 3.05) is 13.6 Å². The average molecular weight is 383 g/mol. The molecule has 0 radical (unpaired) electrons. The number of nitrogens with zero attached hydrogens (tertiary/aromatic N) is 4. The molecule has 27 heavy (non-hydrogen) atoms. The Morgan fingerprint density at radius 3 is 2.85 bits per heavy atom. The van der Waals surface area contributed by atoms with E-state index in [1.165, 1.54) is 16.7 Å².